The van der Waals surface area contributed by atoms with Gasteiger partial charge in [0.25, 0.3) is 0 Å². The molecule has 25 heteroatoms. The molecule has 25 nitrogen and oxygen atoms in total. The highest BCUT2D eigenvalue weighted by Crippen LogP contribution is 2.36. The molecule has 0 spiro atoms. The molecule has 5 unspecified atom stereocenters. The Kier molecular flexibility index (Phi) is 41.2. The second kappa shape index (κ2) is 51.4. The van der Waals surface area contributed by atoms with Crippen LogP contribution in [0.2, 0.25) is 0 Å². The van der Waals surface area contributed by atoms with Crippen molar-refractivity contribution in [3.8, 4) is 63.2 Å². The Morgan fingerprint density at radius 3 is 0.945 bits per heavy atom. The molecule has 0 heterocycles. The van der Waals surface area contributed by atoms with Gasteiger partial charge in [0, 0.05) is 119 Å². The summed E-state index contributed by atoms with van der Waals surface area (Å²) in [7, 11) is 0. The smallest absolute Gasteiger partial charge is 0.176 e. The van der Waals surface area contributed by atoms with Crippen molar-refractivity contribution in [1.29, 1.82) is 0 Å². The SMILES string of the molecule is CCC(=NCC(=O)C(C)Nc1cccc(O)c1)c1ccc(O)c(C)c1O.CCC(=NCC(=O)C(C)Nc1ccccc1)c1ccc(O)c(C)c1O.CCC(=NCC(=O)C(CC)Nc1ccccc1)c1ccc(O)c(C)c1O.CCC(=NCC(=O)CC(C)c1cccc(C)c1)c1ccc(O)c(C)c1O.CCC(Nc1ccccc1)C(=O)CN=C(C)c1ccc(O)c(C)c1O. The Balaban J connectivity index is 0.000000247. The number of phenolic OH excluding ortho intramolecular Hbond substituents is 11. The van der Waals surface area contributed by atoms with E-state index in [0.717, 1.165) is 22.6 Å². The number of Topliss-reactive ketones (excluding diaryl/α,β-unsaturated/α-hetero) is 5. The fourth-order valence-electron chi connectivity index (χ4n) is 13.3. The number of carbonyl (C=O) groups is 5. The lowest BCUT2D eigenvalue weighted by Crippen LogP contribution is -2.31. The second-order valence-corrected chi connectivity index (χ2v) is 30.9. The lowest BCUT2D eigenvalue weighted by atomic mass is 9.94. The highest BCUT2D eigenvalue weighted by Gasteiger charge is 2.24. The first-order chi connectivity index (χ1) is 61.0. The van der Waals surface area contributed by atoms with E-state index in [1.165, 1.54) is 35.9 Å². The lowest BCUT2D eigenvalue weighted by Gasteiger charge is -2.16. The third kappa shape index (κ3) is 30.7. The van der Waals surface area contributed by atoms with Gasteiger partial charge in [-0.2, -0.15) is 0 Å². The van der Waals surface area contributed by atoms with E-state index in [9.17, 15) is 80.1 Å². The highest BCUT2D eigenvalue weighted by atomic mass is 16.3. The largest absolute Gasteiger partial charge is 0.508 e. The molecule has 10 rings (SSSR count). The predicted octanol–water partition coefficient (Wildman–Crippen LogP) is 19.5. The van der Waals surface area contributed by atoms with Crippen molar-refractivity contribution in [3.63, 3.8) is 0 Å². The number of carbonyl (C=O) groups excluding carboxylic acids is 5. The van der Waals surface area contributed by atoms with Crippen LogP contribution < -0.4 is 21.3 Å². The van der Waals surface area contributed by atoms with Crippen LogP contribution >= 0.6 is 0 Å². The summed E-state index contributed by atoms with van der Waals surface area (Å²) < 4.78 is 0. The molecule has 10 aromatic rings. The van der Waals surface area contributed by atoms with Crippen molar-refractivity contribution in [3.05, 3.63) is 267 Å². The molecule has 0 saturated carbocycles. The number of aryl methyl sites for hydroxylation is 1. The molecule has 5 atom stereocenters. The normalized spacial score (nSPS) is 12.7. The maximum Gasteiger partial charge on any atom is 0.176 e. The molecule has 15 N–H and O–H groups in total. The minimum Gasteiger partial charge on any atom is -0.508 e. The van der Waals surface area contributed by atoms with Crippen LogP contribution in [0.15, 0.2) is 225 Å². The number of phenols is 11. The fourth-order valence-corrected chi connectivity index (χ4v) is 13.3. The standard InChI is InChI=1S/C22H27NO3.C21H26N2O3.C20H24N2O4.2C20H24N2O3/c1-5-20(19-9-10-21(25)16(4)22(19)26)23-13-18(24)12-15(3)17-8-6-7-14(2)11-17;1-4-17(16-11-12-19(24)14(3)21(16)26)22-13-20(25)18(5-2)23-15-9-7-6-8-10-15;1-4-17(16-8-9-18(24)12(2)20(16)26)21-11-19(25)13(3)22-14-6-5-7-15(23)10-14;1-4-17(16-10-11-18(23)13(2)20(16)25)21-12-19(24)14(3)22-15-8-6-5-7-9-15;1-4-17(22-15-8-6-5-7-9-15)19(24)12-21-14(3)16-10-11-18(23)13(2)20(16)25/h6-11,15,25-26H,5,12-13H2,1-4H3;6-12,18,23-24,26H,4-5,13H2,1-3H3;5-10,13,22-24,26H,4,11H2,1-3H3;5-11,14,22-23,25H,4,12H2,1-3H3;5-11,17,22-23,25H,4,12H2,1-3H3. The molecule has 0 amide bonds. The number of anilines is 4. The number of rotatable bonds is 36. The molecular formula is C103H125N9O16. The molecule has 0 aromatic heterocycles. The van der Waals surface area contributed by atoms with Crippen LogP contribution in [0.3, 0.4) is 0 Å². The van der Waals surface area contributed by atoms with Crippen molar-refractivity contribution in [2.45, 2.75) is 186 Å². The molecule has 0 fully saturated rings. The highest BCUT2D eigenvalue weighted by molar-refractivity contribution is 6.08. The van der Waals surface area contributed by atoms with Crippen LogP contribution in [0, 0.1) is 41.5 Å². The van der Waals surface area contributed by atoms with Gasteiger partial charge in [-0.3, -0.25) is 48.9 Å². The zero-order valence-electron chi connectivity index (χ0n) is 76.1. The average Bonchev–Trinajstić information content (AvgIpc) is 0.831. The fraction of sp³-hybridized carbons (Fsp3) is 0.320. The summed E-state index contributed by atoms with van der Waals surface area (Å²) >= 11 is 0. The minimum atomic E-state index is -0.478. The van der Waals surface area contributed by atoms with Crippen LogP contribution in [-0.2, 0) is 24.0 Å². The number of para-hydroxylation sites is 3. The van der Waals surface area contributed by atoms with E-state index in [1.807, 2.05) is 165 Å². The molecule has 0 saturated heterocycles. The third-order valence-corrected chi connectivity index (χ3v) is 21.5. The van der Waals surface area contributed by atoms with Gasteiger partial charge in [-0.1, -0.05) is 139 Å². The summed E-state index contributed by atoms with van der Waals surface area (Å²) in [5, 5.41) is 121. The number of hydrogen-bond donors (Lipinski definition) is 15. The van der Waals surface area contributed by atoms with Gasteiger partial charge in [-0.15, -0.1) is 0 Å². The Hall–Kier alpha value is -14.1. The topological polar surface area (TPSA) is 418 Å². The maximum atomic E-state index is 12.6. The third-order valence-electron chi connectivity index (χ3n) is 21.5. The van der Waals surface area contributed by atoms with Gasteiger partial charge in [0.2, 0.25) is 0 Å². The predicted molar refractivity (Wildman–Crippen MR) is 515 cm³/mol. The quantitative estimate of drug-likeness (QED) is 0.0162. The van der Waals surface area contributed by atoms with Gasteiger partial charge in [0.05, 0.1) is 50.3 Å². The van der Waals surface area contributed by atoms with E-state index in [-0.39, 0.29) is 149 Å². The van der Waals surface area contributed by atoms with Crippen molar-refractivity contribution in [2.24, 2.45) is 25.0 Å². The van der Waals surface area contributed by atoms with Crippen molar-refractivity contribution in [2.75, 3.05) is 54.0 Å². The zero-order valence-corrected chi connectivity index (χ0v) is 76.1. The van der Waals surface area contributed by atoms with Crippen molar-refractivity contribution < 1.29 is 80.1 Å². The van der Waals surface area contributed by atoms with Gasteiger partial charge in [-0.05, 0) is 222 Å². The number of ketones is 5. The molecule has 678 valence electrons. The van der Waals surface area contributed by atoms with Gasteiger partial charge in [-0.25, -0.2) is 0 Å². The Morgan fingerprint density at radius 2 is 0.609 bits per heavy atom. The summed E-state index contributed by atoms with van der Waals surface area (Å²) in [6, 6.07) is 57.7. The molecular weight excluding hydrogens is 1620 g/mol. The van der Waals surface area contributed by atoms with Gasteiger partial charge < -0.3 is 77.4 Å². The summed E-state index contributed by atoms with van der Waals surface area (Å²) in [5.41, 5.74) is 13.5. The van der Waals surface area contributed by atoms with Crippen LogP contribution in [0.5, 0.6) is 63.2 Å². The van der Waals surface area contributed by atoms with Crippen molar-refractivity contribution >= 4 is 80.2 Å². The van der Waals surface area contributed by atoms with Crippen LogP contribution in [0.25, 0.3) is 0 Å². The number of benzene rings is 10. The summed E-state index contributed by atoms with van der Waals surface area (Å²) in [4.78, 5) is 84.0. The number of aromatic hydroxyl groups is 11. The molecule has 0 bridgehead atoms. The van der Waals surface area contributed by atoms with Crippen LogP contribution in [0.1, 0.15) is 187 Å². The van der Waals surface area contributed by atoms with Crippen molar-refractivity contribution in [1.82, 2.24) is 0 Å². The lowest BCUT2D eigenvalue weighted by molar-refractivity contribution is -0.119. The molecule has 128 heavy (non-hydrogen) atoms. The Labute approximate surface area is 751 Å². The van der Waals surface area contributed by atoms with Gasteiger partial charge in [0.1, 0.15) is 69.8 Å². The second-order valence-electron chi connectivity index (χ2n) is 30.9. The molecule has 0 aliphatic heterocycles. The van der Waals surface area contributed by atoms with E-state index in [1.54, 1.807) is 110 Å². The first kappa shape index (κ1) is 103. The number of aliphatic imine (C=N–C) groups is 5. The van der Waals surface area contributed by atoms with Crippen LogP contribution in [-0.4, -0.2) is 171 Å². The van der Waals surface area contributed by atoms with Gasteiger partial charge >= 0.3 is 0 Å². The number of nitrogens with zero attached hydrogens (tertiary/aromatic N) is 5. The number of hydrogen-bond acceptors (Lipinski definition) is 25. The summed E-state index contributed by atoms with van der Waals surface area (Å²) in [6.07, 6.45) is 4.04. The molecule has 10 aromatic carbocycles. The van der Waals surface area contributed by atoms with Gasteiger partial charge in [0.15, 0.2) is 28.9 Å². The molecule has 0 aliphatic carbocycles. The Morgan fingerprint density at radius 1 is 0.312 bits per heavy atom. The van der Waals surface area contributed by atoms with E-state index < -0.39 is 6.04 Å². The average molecular weight is 1750 g/mol. The number of nitrogens with one attached hydrogen (secondary N) is 4. The first-order valence-corrected chi connectivity index (χ1v) is 42.9. The zero-order chi connectivity index (χ0) is 94.4. The van der Waals surface area contributed by atoms with E-state index in [0.29, 0.717) is 135 Å². The van der Waals surface area contributed by atoms with E-state index in [4.69, 9.17) is 0 Å². The van der Waals surface area contributed by atoms with Crippen LogP contribution in [0.4, 0.5) is 22.7 Å². The minimum absolute atomic E-state index is 0.00251. The molecule has 0 aliphatic rings. The van der Waals surface area contributed by atoms with E-state index >= 15 is 0 Å². The Bertz CT molecular complexity index is 5560. The maximum absolute atomic E-state index is 12.6. The first-order valence-electron chi connectivity index (χ1n) is 42.9. The monoisotopic (exact) mass is 1740 g/mol. The van der Waals surface area contributed by atoms with E-state index in [2.05, 4.69) is 52.3 Å². The summed E-state index contributed by atoms with van der Waals surface area (Å²) in [6.45, 7) is 29.3. The molecule has 0 radical (unpaired) electrons. The summed E-state index contributed by atoms with van der Waals surface area (Å²) in [5.74, 6) is 0.330.